The Morgan fingerprint density at radius 1 is 1.19 bits per heavy atom. The second kappa shape index (κ2) is 9.28. The number of nitrogens with zero attached hydrogens (tertiary/aromatic N) is 5. The highest BCUT2D eigenvalue weighted by Crippen LogP contribution is 2.20. The zero-order valence-corrected chi connectivity index (χ0v) is 16.2. The first-order chi connectivity index (χ1) is 12.6. The summed E-state index contributed by atoms with van der Waals surface area (Å²) < 4.78 is 0. The summed E-state index contributed by atoms with van der Waals surface area (Å²) >= 11 is 0. The van der Waals surface area contributed by atoms with E-state index in [0.717, 1.165) is 83.3 Å². The van der Waals surface area contributed by atoms with Crippen molar-refractivity contribution in [2.24, 2.45) is 5.92 Å². The van der Waals surface area contributed by atoms with Crippen molar-refractivity contribution in [1.29, 1.82) is 0 Å². The van der Waals surface area contributed by atoms with Gasteiger partial charge >= 0.3 is 0 Å². The van der Waals surface area contributed by atoms with Gasteiger partial charge in [-0.3, -0.25) is 4.79 Å². The van der Waals surface area contributed by atoms with Crippen LogP contribution in [0.1, 0.15) is 25.0 Å². The number of piperidine rings is 1. The van der Waals surface area contributed by atoms with Crippen molar-refractivity contribution in [3.8, 4) is 0 Å². The van der Waals surface area contributed by atoms with Crippen molar-refractivity contribution in [3.63, 3.8) is 0 Å². The van der Waals surface area contributed by atoms with Gasteiger partial charge in [-0.2, -0.15) is 0 Å². The molecule has 2 aliphatic heterocycles. The zero-order chi connectivity index (χ0) is 18.4. The van der Waals surface area contributed by atoms with Gasteiger partial charge in [0.2, 0.25) is 11.9 Å². The molecule has 2 saturated heterocycles. The van der Waals surface area contributed by atoms with Crippen LogP contribution in [0.3, 0.4) is 0 Å². The maximum absolute atomic E-state index is 12.4. The maximum atomic E-state index is 12.4. The summed E-state index contributed by atoms with van der Waals surface area (Å²) in [5, 5.41) is 3.14. The Hall–Kier alpha value is -1.73. The molecule has 1 aromatic rings. The molecule has 144 valence electrons. The van der Waals surface area contributed by atoms with Gasteiger partial charge < -0.3 is 20.0 Å². The number of carbonyl (C=O) groups is 1. The molecule has 0 aliphatic carbocycles. The van der Waals surface area contributed by atoms with E-state index in [4.69, 9.17) is 0 Å². The highest BCUT2D eigenvalue weighted by Gasteiger charge is 2.26. The lowest BCUT2D eigenvalue weighted by Crippen LogP contribution is -2.45. The molecule has 3 heterocycles. The predicted molar refractivity (Wildman–Crippen MR) is 103 cm³/mol. The Morgan fingerprint density at radius 3 is 2.62 bits per heavy atom. The van der Waals surface area contributed by atoms with E-state index in [-0.39, 0.29) is 11.8 Å². The van der Waals surface area contributed by atoms with Crippen molar-refractivity contribution in [1.82, 2.24) is 25.1 Å². The third-order valence-electron chi connectivity index (χ3n) is 5.48. The Kier molecular flexibility index (Phi) is 6.80. The number of amides is 1. The molecule has 7 heteroatoms. The first kappa shape index (κ1) is 19.0. The molecular formula is C19H32N6O. The zero-order valence-electron chi connectivity index (χ0n) is 16.2. The van der Waals surface area contributed by atoms with Crippen LogP contribution in [0.4, 0.5) is 5.95 Å². The minimum absolute atomic E-state index is 0.125. The number of hydrogen-bond acceptors (Lipinski definition) is 6. The molecule has 7 nitrogen and oxygen atoms in total. The number of likely N-dealkylation sites (N-methyl/N-ethyl adjacent to an activating group) is 1. The van der Waals surface area contributed by atoms with Crippen LogP contribution < -0.4 is 10.2 Å². The minimum atomic E-state index is 0.125. The highest BCUT2D eigenvalue weighted by atomic mass is 16.1. The van der Waals surface area contributed by atoms with Gasteiger partial charge in [-0.1, -0.05) is 0 Å². The van der Waals surface area contributed by atoms with E-state index < -0.39 is 0 Å². The third kappa shape index (κ3) is 5.38. The average molecular weight is 361 g/mol. The summed E-state index contributed by atoms with van der Waals surface area (Å²) in [7, 11) is 2.17. The molecule has 0 saturated carbocycles. The lowest BCUT2D eigenvalue weighted by molar-refractivity contribution is -0.125. The molecule has 0 unspecified atom stereocenters. The summed E-state index contributed by atoms with van der Waals surface area (Å²) in [5.74, 6) is 1.13. The highest BCUT2D eigenvalue weighted by molar-refractivity contribution is 5.78. The van der Waals surface area contributed by atoms with Crippen LogP contribution in [0.25, 0.3) is 0 Å². The number of nitrogens with one attached hydrogen (secondary N) is 1. The molecule has 1 amide bonds. The summed E-state index contributed by atoms with van der Waals surface area (Å²) in [6.45, 7) is 10.1. The molecule has 26 heavy (non-hydrogen) atoms. The van der Waals surface area contributed by atoms with Gasteiger partial charge in [-0.15, -0.1) is 0 Å². The normalized spacial score (nSPS) is 20.3. The number of rotatable bonds is 6. The SMILES string of the molecule is Cc1ccnc(N2CCC(C(=O)NCCCN3CCN(C)CC3)CC2)n1. The minimum Gasteiger partial charge on any atom is -0.356 e. The van der Waals surface area contributed by atoms with Gasteiger partial charge in [0.25, 0.3) is 0 Å². The number of anilines is 1. The van der Waals surface area contributed by atoms with Gasteiger partial charge in [0.15, 0.2) is 0 Å². The third-order valence-corrected chi connectivity index (χ3v) is 5.48. The fourth-order valence-corrected chi connectivity index (χ4v) is 3.66. The van der Waals surface area contributed by atoms with E-state index in [1.54, 1.807) is 6.20 Å². The summed E-state index contributed by atoms with van der Waals surface area (Å²) in [5.41, 5.74) is 0.982. The second-order valence-electron chi connectivity index (χ2n) is 7.55. The molecule has 0 bridgehead atoms. The van der Waals surface area contributed by atoms with Crippen LogP contribution in [0.2, 0.25) is 0 Å². The fraction of sp³-hybridized carbons (Fsp3) is 0.737. The monoisotopic (exact) mass is 360 g/mol. The topological polar surface area (TPSA) is 64.6 Å². The van der Waals surface area contributed by atoms with Crippen LogP contribution in [-0.4, -0.2) is 85.1 Å². The Morgan fingerprint density at radius 2 is 1.92 bits per heavy atom. The van der Waals surface area contributed by atoms with Crippen LogP contribution in [0.5, 0.6) is 0 Å². The predicted octanol–water partition coefficient (Wildman–Crippen LogP) is 0.755. The van der Waals surface area contributed by atoms with E-state index in [0.29, 0.717) is 0 Å². The molecule has 0 aromatic carbocycles. The standard InChI is InChI=1S/C19H32N6O/c1-16-4-8-21-19(22-16)25-10-5-17(6-11-25)18(26)20-7-3-9-24-14-12-23(2)13-15-24/h4,8,17H,3,5-7,9-15H2,1-2H3,(H,20,26). The van der Waals surface area contributed by atoms with Crippen molar-refractivity contribution in [2.45, 2.75) is 26.2 Å². The van der Waals surface area contributed by atoms with Crippen molar-refractivity contribution < 1.29 is 4.79 Å². The van der Waals surface area contributed by atoms with E-state index in [1.807, 2.05) is 13.0 Å². The van der Waals surface area contributed by atoms with Crippen molar-refractivity contribution in [2.75, 3.05) is 64.3 Å². The second-order valence-corrected chi connectivity index (χ2v) is 7.55. The number of hydrogen-bond donors (Lipinski definition) is 1. The lowest BCUT2D eigenvalue weighted by Gasteiger charge is -2.32. The molecular weight excluding hydrogens is 328 g/mol. The number of carbonyl (C=O) groups excluding carboxylic acids is 1. The van der Waals surface area contributed by atoms with Gasteiger partial charge in [0.1, 0.15) is 0 Å². The van der Waals surface area contributed by atoms with Gasteiger partial charge in [0, 0.05) is 63.6 Å². The summed E-state index contributed by atoms with van der Waals surface area (Å²) in [4.78, 5) is 28.3. The van der Waals surface area contributed by atoms with Crippen LogP contribution >= 0.6 is 0 Å². The first-order valence-corrected chi connectivity index (χ1v) is 9.85. The summed E-state index contributed by atoms with van der Waals surface area (Å²) in [6.07, 6.45) is 4.59. The van der Waals surface area contributed by atoms with Gasteiger partial charge in [0.05, 0.1) is 0 Å². The van der Waals surface area contributed by atoms with Gasteiger partial charge in [-0.05, 0) is 45.8 Å². The number of aryl methyl sites for hydroxylation is 1. The smallest absolute Gasteiger partial charge is 0.225 e. The van der Waals surface area contributed by atoms with Crippen molar-refractivity contribution in [3.05, 3.63) is 18.0 Å². The molecule has 0 spiro atoms. The first-order valence-electron chi connectivity index (χ1n) is 9.85. The van der Waals surface area contributed by atoms with Crippen LogP contribution in [0, 0.1) is 12.8 Å². The number of aromatic nitrogens is 2. The molecule has 2 fully saturated rings. The molecule has 0 radical (unpaired) electrons. The molecule has 0 atom stereocenters. The van der Waals surface area contributed by atoms with E-state index in [2.05, 4.69) is 37.0 Å². The Bertz CT molecular complexity index is 579. The Balaban J connectivity index is 1.32. The Labute approximate surface area is 156 Å². The molecule has 1 aromatic heterocycles. The van der Waals surface area contributed by atoms with E-state index in [9.17, 15) is 4.79 Å². The number of piperazine rings is 1. The summed E-state index contributed by atoms with van der Waals surface area (Å²) in [6, 6.07) is 1.91. The quantitative estimate of drug-likeness (QED) is 0.756. The molecule has 1 N–H and O–H groups in total. The van der Waals surface area contributed by atoms with Crippen LogP contribution in [0.15, 0.2) is 12.3 Å². The molecule has 2 aliphatic rings. The lowest BCUT2D eigenvalue weighted by atomic mass is 9.96. The molecule has 3 rings (SSSR count). The maximum Gasteiger partial charge on any atom is 0.225 e. The largest absolute Gasteiger partial charge is 0.356 e. The fourth-order valence-electron chi connectivity index (χ4n) is 3.66. The van der Waals surface area contributed by atoms with Gasteiger partial charge in [-0.25, -0.2) is 9.97 Å². The van der Waals surface area contributed by atoms with E-state index in [1.165, 1.54) is 0 Å². The van der Waals surface area contributed by atoms with Crippen LogP contribution in [-0.2, 0) is 4.79 Å². The van der Waals surface area contributed by atoms with E-state index >= 15 is 0 Å². The van der Waals surface area contributed by atoms with Crippen molar-refractivity contribution >= 4 is 11.9 Å². The average Bonchev–Trinajstić information content (AvgIpc) is 2.66.